The minimum Gasteiger partial charge on any atom is -0.378 e. The average Bonchev–Trinajstić information content (AvgIpc) is 2.54. The molecule has 98 valence electrons. The standard InChI is InChI=1S/C11H10BrF3N2O/c1-11(18,10(14)15)9-6-3-5(12)4-7(13)8(6)16-17(9)2/h3-4,10,18H,1-2H3/t11-/m1/s1. The Morgan fingerprint density at radius 3 is 2.61 bits per heavy atom. The maximum absolute atomic E-state index is 13.7. The molecule has 0 amide bonds. The molecule has 2 aromatic rings. The quantitative estimate of drug-likeness (QED) is 0.923. The van der Waals surface area contributed by atoms with Crippen molar-refractivity contribution < 1.29 is 18.3 Å². The Labute approximate surface area is 109 Å². The van der Waals surface area contributed by atoms with E-state index in [0.29, 0.717) is 4.47 Å². The summed E-state index contributed by atoms with van der Waals surface area (Å²) in [6.45, 7) is 0.979. The molecule has 0 saturated carbocycles. The van der Waals surface area contributed by atoms with Crippen molar-refractivity contribution in [3.8, 4) is 0 Å². The van der Waals surface area contributed by atoms with E-state index < -0.39 is 17.8 Å². The van der Waals surface area contributed by atoms with Crippen LogP contribution in [0.25, 0.3) is 10.9 Å². The molecular weight excluding hydrogens is 313 g/mol. The van der Waals surface area contributed by atoms with Crippen molar-refractivity contribution in [1.29, 1.82) is 0 Å². The van der Waals surface area contributed by atoms with Crippen molar-refractivity contribution in [3.63, 3.8) is 0 Å². The Kier molecular flexibility index (Phi) is 3.14. The second kappa shape index (κ2) is 4.24. The van der Waals surface area contributed by atoms with Gasteiger partial charge >= 0.3 is 0 Å². The first-order valence-corrected chi connectivity index (χ1v) is 5.87. The normalized spacial score (nSPS) is 15.3. The molecule has 1 aromatic carbocycles. The van der Waals surface area contributed by atoms with Gasteiger partial charge in [0.15, 0.2) is 11.4 Å². The van der Waals surface area contributed by atoms with Crippen LogP contribution in [0.1, 0.15) is 12.6 Å². The van der Waals surface area contributed by atoms with Crippen LogP contribution in [0, 0.1) is 5.82 Å². The second-order valence-electron chi connectivity index (χ2n) is 4.20. The largest absolute Gasteiger partial charge is 0.378 e. The summed E-state index contributed by atoms with van der Waals surface area (Å²) < 4.78 is 40.9. The van der Waals surface area contributed by atoms with Gasteiger partial charge in [0.2, 0.25) is 0 Å². The lowest BCUT2D eigenvalue weighted by atomic mass is 9.99. The summed E-state index contributed by atoms with van der Waals surface area (Å²) in [5.74, 6) is -0.633. The molecule has 0 spiro atoms. The van der Waals surface area contributed by atoms with E-state index in [4.69, 9.17) is 0 Å². The molecule has 18 heavy (non-hydrogen) atoms. The number of benzene rings is 1. The van der Waals surface area contributed by atoms with E-state index in [9.17, 15) is 18.3 Å². The molecule has 0 fully saturated rings. The van der Waals surface area contributed by atoms with E-state index in [1.54, 1.807) is 0 Å². The van der Waals surface area contributed by atoms with Gasteiger partial charge in [-0.25, -0.2) is 13.2 Å². The SMILES string of the molecule is Cn1nc2c(F)cc(Br)cc2c1[C@@](C)(O)C(F)F. The molecule has 0 radical (unpaired) electrons. The highest BCUT2D eigenvalue weighted by atomic mass is 79.9. The van der Waals surface area contributed by atoms with Gasteiger partial charge in [-0.15, -0.1) is 0 Å². The molecule has 7 heteroatoms. The van der Waals surface area contributed by atoms with Gasteiger partial charge in [-0.1, -0.05) is 15.9 Å². The van der Waals surface area contributed by atoms with E-state index in [2.05, 4.69) is 21.0 Å². The van der Waals surface area contributed by atoms with Gasteiger partial charge in [-0.05, 0) is 19.1 Å². The highest BCUT2D eigenvalue weighted by Crippen LogP contribution is 2.35. The number of aliphatic hydroxyl groups is 1. The first kappa shape index (κ1) is 13.4. The lowest BCUT2D eigenvalue weighted by Crippen LogP contribution is -2.33. The van der Waals surface area contributed by atoms with Gasteiger partial charge in [0, 0.05) is 16.9 Å². The van der Waals surface area contributed by atoms with Crippen molar-refractivity contribution in [1.82, 2.24) is 9.78 Å². The molecular formula is C11H10BrF3N2O. The Hall–Kier alpha value is -1.08. The van der Waals surface area contributed by atoms with Crippen molar-refractivity contribution in [2.75, 3.05) is 0 Å². The van der Waals surface area contributed by atoms with Crippen LogP contribution in [-0.4, -0.2) is 21.3 Å². The zero-order valence-electron chi connectivity index (χ0n) is 9.59. The Bertz CT molecular complexity index is 610. The molecule has 0 aliphatic rings. The van der Waals surface area contributed by atoms with Crippen molar-refractivity contribution in [2.24, 2.45) is 7.05 Å². The summed E-state index contributed by atoms with van der Waals surface area (Å²) in [5.41, 5.74) is -2.55. The molecule has 0 bridgehead atoms. The first-order valence-electron chi connectivity index (χ1n) is 5.08. The van der Waals surface area contributed by atoms with Crippen molar-refractivity contribution >= 4 is 26.8 Å². The predicted octanol–water partition coefficient (Wildman–Crippen LogP) is 2.95. The number of hydrogen-bond donors (Lipinski definition) is 1. The van der Waals surface area contributed by atoms with Crippen LogP contribution in [0.15, 0.2) is 16.6 Å². The van der Waals surface area contributed by atoms with E-state index in [-0.39, 0.29) is 16.6 Å². The second-order valence-corrected chi connectivity index (χ2v) is 5.12. The third-order valence-corrected chi connectivity index (χ3v) is 3.22. The van der Waals surface area contributed by atoms with Gasteiger partial charge in [0.25, 0.3) is 6.43 Å². The maximum Gasteiger partial charge on any atom is 0.272 e. The fraction of sp³-hybridized carbons (Fsp3) is 0.364. The molecule has 0 aliphatic heterocycles. The van der Waals surface area contributed by atoms with E-state index >= 15 is 0 Å². The topological polar surface area (TPSA) is 38.0 Å². The summed E-state index contributed by atoms with van der Waals surface area (Å²) >= 11 is 3.08. The van der Waals surface area contributed by atoms with E-state index in [0.717, 1.165) is 11.6 Å². The Morgan fingerprint density at radius 2 is 2.06 bits per heavy atom. The maximum atomic E-state index is 13.7. The number of hydrogen-bond acceptors (Lipinski definition) is 2. The Morgan fingerprint density at radius 1 is 1.44 bits per heavy atom. The van der Waals surface area contributed by atoms with E-state index in [1.807, 2.05) is 0 Å². The summed E-state index contributed by atoms with van der Waals surface area (Å²) in [7, 11) is 1.39. The minimum absolute atomic E-state index is 0.0448. The Balaban J connectivity index is 2.83. The number of halogens is 4. The van der Waals surface area contributed by atoms with Gasteiger partial charge in [-0.3, -0.25) is 4.68 Å². The molecule has 0 unspecified atom stereocenters. The van der Waals surface area contributed by atoms with Crippen LogP contribution in [0.5, 0.6) is 0 Å². The number of nitrogens with zero attached hydrogens (tertiary/aromatic N) is 2. The predicted molar refractivity (Wildman–Crippen MR) is 63.9 cm³/mol. The van der Waals surface area contributed by atoms with Crippen molar-refractivity contribution in [2.45, 2.75) is 19.0 Å². The molecule has 1 aromatic heterocycles. The fourth-order valence-electron chi connectivity index (χ4n) is 1.93. The average molecular weight is 323 g/mol. The monoisotopic (exact) mass is 322 g/mol. The number of fused-ring (bicyclic) bond motifs is 1. The lowest BCUT2D eigenvalue weighted by molar-refractivity contribution is -0.0921. The van der Waals surface area contributed by atoms with Crippen LogP contribution in [0.4, 0.5) is 13.2 Å². The van der Waals surface area contributed by atoms with Crippen LogP contribution in [0.2, 0.25) is 0 Å². The molecule has 1 atom stereocenters. The van der Waals surface area contributed by atoms with Crippen molar-refractivity contribution in [3.05, 3.63) is 28.1 Å². The first-order chi connectivity index (χ1) is 8.25. The van der Waals surface area contributed by atoms with Gasteiger partial charge < -0.3 is 5.11 Å². The van der Waals surface area contributed by atoms with Crippen LogP contribution in [0.3, 0.4) is 0 Å². The molecule has 0 saturated heterocycles. The number of aromatic nitrogens is 2. The molecule has 2 rings (SSSR count). The minimum atomic E-state index is -3.00. The lowest BCUT2D eigenvalue weighted by Gasteiger charge is -2.22. The summed E-state index contributed by atoms with van der Waals surface area (Å²) in [5, 5.41) is 13.9. The smallest absolute Gasteiger partial charge is 0.272 e. The van der Waals surface area contributed by atoms with Crippen LogP contribution < -0.4 is 0 Å². The van der Waals surface area contributed by atoms with Gasteiger partial charge in [-0.2, -0.15) is 5.10 Å². The molecule has 3 nitrogen and oxygen atoms in total. The number of rotatable bonds is 2. The molecule has 1 heterocycles. The fourth-order valence-corrected chi connectivity index (χ4v) is 2.36. The summed E-state index contributed by atoms with van der Waals surface area (Å²) in [6.07, 6.45) is -3.00. The summed E-state index contributed by atoms with van der Waals surface area (Å²) in [6, 6.07) is 2.65. The van der Waals surface area contributed by atoms with Gasteiger partial charge in [0.05, 0.1) is 5.69 Å². The highest BCUT2D eigenvalue weighted by molar-refractivity contribution is 9.10. The number of aryl methyl sites for hydroxylation is 1. The zero-order chi connectivity index (χ0) is 13.7. The van der Waals surface area contributed by atoms with E-state index in [1.165, 1.54) is 19.2 Å². The third kappa shape index (κ3) is 1.91. The highest BCUT2D eigenvalue weighted by Gasteiger charge is 2.39. The molecule has 0 aliphatic carbocycles. The zero-order valence-corrected chi connectivity index (χ0v) is 11.2. The summed E-state index contributed by atoms with van der Waals surface area (Å²) in [4.78, 5) is 0. The number of alkyl halides is 2. The van der Waals surface area contributed by atoms with Gasteiger partial charge in [0.1, 0.15) is 5.52 Å². The molecule has 1 N–H and O–H groups in total. The van der Waals surface area contributed by atoms with Crippen LogP contribution >= 0.6 is 15.9 Å². The third-order valence-electron chi connectivity index (χ3n) is 2.76. The van der Waals surface area contributed by atoms with Crippen LogP contribution in [-0.2, 0) is 12.6 Å².